The van der Waals surface area contributed by atoms with Crippen LogP contribution in [0.2, 0.25) is 0 Å². The molecule has 0 spiro atoms. The zero-order chi connectivity index (χ0) is 16.8. The second-order valence-electron chi connectivity index (χ2n) is 6.10. The van der Waals surface area contributed by atoms with Gasteiger partial charge >= 0.3 is 6.03 Å². The minimum Gasteiger partial charge on any atom is -0.335 e. The van der Waals surface area contributed by atoms with Crippen molar-refractivity contribution in [2.24, 2.45) is 0 Å². The Kier molecular flexibility index (Phi) is 5.68. The number of carbonyl (C=O) groups is 1. The highest BCUT2D eigenvalue weighted by Gasteiger charge is 2.13. The van der Waals surface area contributed by atoms with E-state index in [0.717, 1.165) is 12.1 Å². The quantitative estimate of drug-likeness (QED) is 0.923. The molecule has 0 aliphatic carbocycles. The molecule has 0 saturated heterocycles. The highest BCUT2D eigenvalue weighted by molar-refractivity contribution is 5.74. The summed E-state index contributed by atoms with van der Waals surface area (Å²) in [5, 5.41) is 3.03. The van der Waals surface area contributed by atoms with Crippen LogP contribution < -0.4 is 5.32 Å². The maximum atomic E-state index is 12.2. The van der Waals surface area contributed by atoms with Crippen LogP contribution in [0.3, 0.4) is 0 Å². The van der Waals surface area contributed by atoms with Gasteiger partial charge in [-0.3, -0.25) is 9.97 Å². The highest BCUT2D eigenvalue weighted by atomic mass is 16.2. The molecule has 1 heterocycles. The Balaban J connectivity index is 1.88. The lowest BCUT2D eigenvalue weighted by Gasteiger charge is -2.21. The van der Waals surface area contributed by atoms with Gasteiger partial charge in [-0.1, -0.05) is 29.3 Å². The summed E-state index contributed by atoms with van der Waals surface area (Å²) in [6.45, 7) is 6.64. The standard InChI is InChI=1S/C18H24N4O/c1-13-7-14(2)9-16(8-13)10-15(3)21-18(23)22(4)12-17-11-19-5-6-20-17/h5-9,11,15H,10,12H2,1-4H3,(H,21,23)/t15-/m1/s1. The van der Waals surface area contributed by atoms with Crippen molar-refractivity contribution in [2.75, 3.05) is 7.05 Å². The molecule has 0 aliphatic rings. The number of benzene rings is 1. The Bertz CT molecular complexity index is 637. The molecular formula is C18H24N4O. The Morgan fingerprint density at radius 3 is 2.52 bits per heavy atom. The van der Waals surface area contributed by atoms with E-state index in [0.29, 0.717) is 6.54 Å². The van der Waals surface area contributed by atoms with Gasteiger partial charge < -0.3 is 10.2 Å². The number of carbonyl (C=O) groups excluding carboxylic acids is 1. The number of nitrogens with one attached hydrogen (secondary N) is 1. The average molecular weight is 312 g/mol. The van der Waals surface area contributed by atoms with E-state index in [-0.39, 0.29) is 12.1 Å². The number of nitrogens with zero attached hydrogens (tertiary/aromatic N) is 3. The number of aryl methyl sites for hydroxylation is 2. The molecule has 2 rings (SSSR count). The van der Waals surface area contributed by atoms with Crippen LogP contribution in [0.25, 0.3) is 0 Å². The van der Waals surface area contributed by atoms with Crippen molar-refractivity contribution in [2.45, 2.75) is 39.8 Å². The van der Waals surface area contributed by atoms with E-state index in [1.54, 1.807) is 30.5 Å². The van der Waals surface area contributed by atoms with E-state index in [2.05, 4.69) is 47.3 Å². The fourth-order valence-electron chi connectivity index (χ4n) is 2.64. The van der Waals surface area contributed by atoms with E-state index >= 15 is 0 Å². The number of hydrogen-bond donors (Lipinski definition) is 1. The van der Waals surface area contributed by atoms with E-state index in [1.807, 2.05) is 6.92 Å². The average Bonchev–Trinajstić information content (AvgIpc) is 2.46. The monoisotopic (exact) mass is 312 g/mol. The molecule has 122 valence electrons. The summed E-state index contributed by atoms with van der Waals surface area (Å²) in [5.74, 6) is 0. The minimum absolute atomic E-state index is 0.0630. The van der Waals surface area contributed by atoms with Gasteiger partial charge in [-0.2, -0.15) is 0 Å². The third-order valence-corrected chi connectivity index (χ3v) is 3.56. The van der Waals surface area contributed by atoms with Crippen LogP contribution in [0.15, 0.2) is 36.8 Å². The Labute approximate surface area is 137 Å². The van der Waals surface area contributed by atoms with Gasteiger partial charge in [0.2, 0.25) is 0 Å². The lowest BCUT2D eigenvalue weighted by molar-refractivity contribution is 0.203. The fraction of sp³-hybridized carbons (Fsp3) is 0.389. The molecule has 2 amide bonds. The molecule has 0 unspecified atom stereocenters. The van der Waals surface area contributed by atoms with Crippen molar-refractivity contribution in [3.8, 4) is 0 Å². The molecular weight excluding hydrogens is 288 g/mol. The predicted molar refractivity (Wildman–Crippen MR) is 91.1 cm³/mol. The Hall–Kier alpha value is -2.43. The first-order valence-electron chi connectivity index (χ1n) is 7.77. The van der Waals surface area contributed by atoms with Gasteiger partial charge in [0.15, 0.2) is 0 Å². The van der Waals surface area contributed by atoms with Crippen molar-refractivity contribution in [3.05, 3.63) is 59.2 Å². The first-order valence-corrected chi connectivity index (χ1v) is 7.77. The number of rotatable bonds is 5. The van der Waals surface area contributed by atoms with Crippen molar-refractivity contribution in [3.63, 3.8) is 0 Å². The predicted octanol–water partition coefficient (Wildman–Crippen LogP) is 2.87. The van der Waals surface area contributed by atoms with E-state index in [1.165, 1.54) is 16.7 Å². The van der Waals surface area contributed by atoms with Crippen LogP contribution >= 0.6 is 0 Å². The van der Waals surface area contributed by atoms with Gasteiger partial charge in [-0.05, 0) is 32.8 Å². The minimum atomic E-state index is -0.104. The molecule has 0 saturated carbocycles. The van der Waals surface area contributed by atoms with Crippen molar-refractivity contribution >= 4 is 6.03 Å². The lowest BCUT2D eigenvalue weighted by atomic mass is 10.0. The summed E-state index contributed by atoms with van der Waals surface area (Å²) in [4.78, 5) is 22.1. The third kappa shape index (κ3) is 5.36. The van der Waals surface area contributed by atoms with Crippen LogP contribution in [0.5, 0.6) is 0 Å². The summed E-state index contributed by atoms with van der Waals surface area (Å²) < 4.78 is 0. The zero-order valence-corrected chi connectivity index (χ0v) is 14.2. The van der Waals surface area contributed by atoms with E-state index < -0.39 is 0 Å². The van der Waals surface area contributed by atoms with Crippen LogP contribution in [-0.2, 0) is 13.0 Å². The molecule has 23 heavy (non-hydrogen) atoms. The molecule has 5 heteroatoms. The van der Waals surface area contributed by atoms with Crippen molar-refractivity contribution in [1.82, 2.24) is 20.2 Å². The van der Waals surface area contributed by atoms with Gasteiger partial charge in [-0.25, -0.2) is 4.79 Å². The fourth-order valence-corrected chi connectivity index (χ4v) is 2.64. The second-order valence-corrected chi connectivity index (χ2v) is 6.10. The van der Waals surface area contributed by atoms with Gasteiger partial charge in [0.1, 0.15) is 0 Å². The Morgan fingerprint density at radius 1 is 1.22 bits per heavy atom. The van der Waals surface area contributed by atoms with Crippen LogP contribution in [0.1, 0.15) is 29.3 Å². The van der Waals surface area contributed by atoms with Gasteiger partial charge in [0, 0.05) is 25.5 Å². The van der Waals surface area contributed by atoms with Gasteiger partial charge in [0.25, 0.3) is 0 Å². The van der Waals surface area contributed by atoms with Crippen LogP contribution in [0, 0.1) is 13.8 Å². The van der Waals surface area contributed by atoms with Gasteiger partial charge in [-0.15, -0.1) is 0 Å². The number of urea groups is 1. The summed E-state index contributed by atoms with van der Waals surface area (Å²) in [5.41, 5.74) is 4.51. The molecule has 1 N–H and O–H groups in total. The first-order chi connectivity index (χ1) is 10.9. The third-order valence-electron chi connectivity index (χ3n) is 3.56. The highest BCUT2D eigenvalue weighted by Crippen LogP contribution is 2.11. The second kappa shape index (κ2) is 7.72. The Morgan fingerprint density at radius 2 is 1.91 bits per heavy atom. The maximum absolute atomic E-state index is 12.2. The van der Waals surface area contributed by atoms with Crippen molar-refractivity contribution < 1.29 is 4.79 Å². The van der Waals surface area contributed by atoms with Crippen LogP contribution in [-0.4, -0.2) is 34.0 Å². The maximum Gasteiger partial charge on any atom is 0.317 e. The molecule has 0 fully saturated rings. The number of hydrogen-bond acceptors (Lipinski definition) is 3. The molecule has 1 atom stereocenters. The molecule has 1 aromatic carbocycles. The van der Waals surface area contributed by atoms with Crippen LogP contribution in [0.4, 0.5) is 4.79 Å². The first kappa shape index (κ1) is 16.9. The summed E-state index contributed by atoms with van der Waals surface area (Å²) in [6, 6.07) is 6.44. The normalized spacial score (nSPS) is 11.8. The number of amides is 2. The molecule has 1 aromatic heterocycles. The summed E-state index contributed by atoms with van der Waals surface area (Å²) in [6.07, 6.45) is 5.73. The summed E-state index contributed by atoms with van der Waals surface area (Å²) >= 11 is 0. The SMILES string of the molecule is Cc1cc(C)cc(C[C@@H](C)NC(=O)N(C)Cc2cnccn2)c1. The molecule has 0 radical (unpaired) electrons. The zero-order valence-electron chi connectivity index (χ0n) is 14.2. The largest absolute Gasteiger partial charge is 0.335 e. The molecule has 5 nitrogen and oxygen atoms in total. The lowest BCUT2D eigenvalue weighted by Crippen LogP contribution is -2.42. The molecule has 0 bridgehead atoms. The van der Waals surface area contributed by atoms with Gasteiger partial charge in [0.05, 0.1) is 18.4 Å². The summed E-state index contributed by atoms with van der Waals surface area (Å²) in [7, 11) is 1.76. The van der Waals surface area contributed by atoms with E-state index in [9.17, 15) is 4.79 Å². The van der Waals surface area contributed by atoms with Crippen molar-refractivity contribution in [1.29, 1.82) is 0 Å². The smallest absolute Gasteiger partial charge is 0.317 e. The molecule has 0 aliphatic heterocycles. The molecule has 2 aromatic rings. The number of aromatic nitrogens is 2. The topological polar surface area (TPSA) is 58.1 Å². The van der Waals surface area contributed by atoms with E-state index in [4.69, 9.17) is 0 Å².